The number of hydrogen-bond acceptors (Lipinski definition) is 7. The summed E-state index contributed by atoms with van der Waals surface area (Å²) in [6, 6.07) is 10.0. The Morgan fingerprint density at radius 3 is 2.78 bits per heavy atom. The monoisotopic (exact) mass is 381 g/mol. The van der Waals surface area contributed by atoms with Crippen LogP contribution in [0.2, 0.25) is 0 Å². The van der Waals surface area contributed by atoms with E-state index in [0.29, 0.717) is 0 Å². The van der Waals surface area contributed by atoms with Crippen LogP contribution in [0.5, 0.6) is 0 Å². The number of hydrogen-bond donors (Lipinski definition) is 1. The smallest absolute Gasteiger partial charge is 0.186 e. The van der Waals surface area contributed by atoms with E-state index in [1.807, 2.05) is 30.3 Å². The molecule has 0 aromatic carbocycles. The second-order valence-electron chi connectivity index (χ2n) is 6.48. The molecule has 0 aliphatic carbocycles. The molecule has 4 heterocycles. The van der Waals surface area contributed by atoms with Gasteiger partial charge in [0.25, 0.3) is 0 Å². The summed E-state index contributed by atoms with van der Waals surface area (Å²) >= 11 is 1.71. The standard InChI is InChI=1S/C20H23N5OS/c1-3-15-19(27-20(23-15)25-9-11-26-12-10-25)16-5-4-6-17(22-16)24-18-13-14(2)7-8-21-18/h4-8,13H,3,9-12H2,1-2H3,(H,21,22,24). The van der Waals surface area contributed by atoms with E-state index in [1.54, 1.807) is 17.5 Å². The molecule has 1 N–H and O–H groups in total. The topological polar surface area (TPSA) is 63.2 Å². The zero-order valence-corrected chi connectivity index (χ0v) is 16.4. The summed E-state index contributed by atoms with van der Waals surface area (Å²) < 4.78 is 5.46. The third-order valence-corrected chi connectivity index (χ3v) is 5.64. The summed E-state index contributed by atoms with van der Waals surface area (Å²) in [4.78, 5) is 17.5. The van der Waals surface area contributed by atoms with Gasteiger partial charge in [-0.15, -0.1) is 0 Å². The average molecular weight is 382 g/mol. The molecule has 7 heteroatoms. The van der Waals surface area contributed by atoms with Crippen molar-refractivity contribution in [3.63, 3.8) is 0 Å². The van der Waals surface area contributed by atoms with Gasteiger partial charge in [0, 0.05) is 19.3 Å². The van der Waals surface area contributed by atoms with E-state index in [-0.39, 0.29) is 0 Å². The normalized spacial score (nSPS) is 14.4. The highest BCUT2D eigenvalue weighted by Crippen LogP contribution is 2.35. The highest BCUT2D eigenvalue weighted by atomic mass is 32.1. The van der Waals surface area contributed by atoms with Crippen molar-refractivity contribution >= 4 is 28.1 Å². The van der Waals surface area contributed by atoms with Crippen LogP contribution in [0.3, 0.4) is 0 Å². The first-order chi connectivity index (χ1) is 13.2. The Morgan fingerprint density at radius 1 is 1.15 bits per heavy atom. The van der Waals surface area contributed by atoms with Crippen molar-refractivity contribution in [3.8, 4) is 10.6 Å². The molecule has 6 nitrogen and oxygen atoms in total. The fourth-order valence-corrected chi connectivity index (χ4v) is 4.21. The Bertz CT molecular complexity index is 920. The Hall–Kier alpha value is -2.51. The van der Waals surface area contributed by atoms with Crippen molar-refractivity contribution < 1.29 is 4.74 Å². The zero-order valence-electron chi connectivity index (χ0n) is 15.6. The number of aryl methyl sites for hydroxylation is 2. The molecule has 1 aliphatic rings. The minimum Gasteiger partial charge on any atom is -0.378 e. The molecule has 4 rings (SSSR count). The second-order valence-corrected chi connectivity index (χ2v) is 7.45. The SMILES string of the molecule is CCc1nc(N2CCOCC2)sc1-c1cccc(Nc2cc(C)ccn2)n1. The van der Waals surface area contributed by atoms with Gasteiger partial charge < -0.3 is 15.0 Å². The lowest BCUT2D eigenvalue weighted by Crippen LogP contribution is -2.36. The summed E-state index contributed by atoms with van der Waals surface area (Å²) in [6.07, 6.45) is 2.68. The van der Waals surface area contributed by atoms with Crippen LogP contribution >= 0.6 is 11.3 Å². The third kappa shape index (κ3) is 4.09. The Morgan fingerprint density at radius 2 is 2.00 bits per heavy atom. The fraction of sp³-hybridized carbons (Fsp3) is 0.350. The van der Waals surface area contributed by atoms with Crippen LogP contribution in [0.1, 0.15) is 18.2 Å². The highest BCUT2D eigenvalue weighted by molar-refractivity contribution is 7.19. The van der Waals surface area contributed by atoms with Crippen molar-refractivity contribution in [2.45, 2.75) is 20.3 Å². The first kappa shape index (κ1) is 17.9. The number of nitrogens with zero attached hydrogens (tertiary/aromatic N) is 4. The van der Waals surface area contributed by atoms with Gasteiger partial charge >= 0.3 is 0 Å². The van der Waals surface area contributed by atoms with Crippen LogP contribution in [-0.4, -0.2) is 41.3 Å². The van der Waals surface area contributed by atoms with Crippen LogP contribution in [0.25, 0.3) is 10.6 Å². The summed E-state index contributed by atoms with van der Waals surface area (Å²) in [5.41, 5.74) is 3.20. The maximum Gasteiger partial charge on any atom is 0.186 e. The molecule has 0 spiro atoms. The van der Waals surface area contributed by atoms with Gasteiger partial charge in [-0.2, -0.15) is 0 Å². The molecule has 0 amide bonds. The Balaban J connectivity index is 1.62. The van der Waals surface area contributed by atoms with Crippen molar-refractivity contribution in [3.05, 3.63) is 47.8 Å². The lowest BCUT2D eigenvalue weighted by Gasteiger charge is -2.26. The van der Waals surface area contributed by atoms with Crippen LogP contribution in [0.15, 0.2) is 36.5 Å². The van der Waals surface area contributed by atoms with Crippen LogP contribution in [0, 0.1) is 6.92 Å². The predicted octanol–water partition coefficient (Wildman–Crippen LogP) is 4.05. The summed E-state index contributed by atoms with van der Waals surface area (Å²) in [5.74, 6) is 1.59. The van der Waals surface area contributed by atoms with Gasteiger partial charge in [-0.05, 0) is 43.2 Å². The van der Waals surface area contributed by atoms with Gasteiger partial charge in [0.15, 0.2) is 5.13 Å². The van der Waals surface area contributed by atoms with E-state index >= 15 is 0 Å². The minimum absolute atomic E-state index is 0.761. The number of pyridine rings is 2. The van der Waals surface area contributed by atoms with Crippen LogP contribution < -0.4 is 10.2 Å². The van der Waals surface area contributed by atoms with Crippen molar-refractivity contribution in [2.75, 3.05) is 36.5 Å². The number of morpholine rings is 1. The number of nitrogens with one attached hydrogen (secondary N) is 1. The number of thiazole rings is 1. The molecule has 0 unspecified atom stereocenters. The molecule has 1 fully saturated rings. The summed E-state index contributed by atoms with van der Waals surface area (Å²) in [6.45, 7) is 7.50. The molecule has 1 aliphatic heterocycles. The Labute approximate surface area is 163 Å². The van der Waals surface area contributed by atoms with Gasteiger partial charge in [0.1, 0.15) is 11.6 Å². The molecule has 0 bridgehead atoms. The van der Waals surface area contributed by atoms with Crippen molar-refractivity contribution in [1.82, 2.24) is 15.0 Å². The van der Waals surface area contributed by atoms with Gasteiger partial charge in [-0.25, -0.2) is 15.0 Å². The van der Waals surface area contributed by atoms with Crippen LogP contribution in [-0.2, 0) is 11.2 Å². The quantitative estimate of drug-likeness (QED) is 0.719. The predicted molar refractivity (Wildman–Crippen MR) is 110 cm³/mol. The summed E-state index contributed by atoms with van der Waals surface area (Å²) in [7, 11) is 0. The molecule has 3 aromatic heterocycles. The van der Waals surface area contributed by atoms with E-state index in [4.69, 9.17) is 14.7 Å². The van der Waals surface area contributed by atoms with Crippen molar-refractivity contribution in [1.29, 1.82) is 0 Å². The molecule has 27 heavy (non-hydrogen) atoms. The minimum atomic E-state index is 0.761. The number of ether oxygens (including phenoxy) is 1. The maximum atomic E-state index is 5.46. The van der Waals surface area contributed by atoms with E-state index in [2.05, 4.69) is 29.0 Å². The third-order valence-electron chi connectivity index (χ3n) is 4.46. The highest BCUT2D eigenvalue weighted by Gasteiger charge is 2.19. The molecule has 3 aromatic rings. The average Bonchev–Trinajstić information content (AvgIpc) is 3.13. The second kappa shape index (κ2) is 8.02. The number of aromatic nitrogens is 3. The summed E-state index contributed by atoms with van der Waals surface area (Å²) in [5, 5.41) is 4.36. The molecule has 0 radical (unpaired) electrons. The lowest BCUT2D eigenvalue weighted by molar-refractivity contribution is 0.122. The molecule has 140 valence electrons. The first-order valence-corrected chi connectivity index (χ1v) is 10.0. The van der Waals surface area contributed by atoms with E-state index < -0.39 is 0 Å². The number of rotatable bonds is 5. The fourth-order valence-electron chi connectivity index (χ4n) is 3.04. The van der Waals surface area contributed by atoms with Gasteiger partial charge in [0.2, 0.25) is 0 Å². The Kier molecular flexibility index (Phi) is 5.31. The maximum absolute atomic E-state index is 5.46. The van der Waals surface area contributed by atoms with E-state index in [9.17, 15) is 0 Å². The van der Waals surface area contributed by atoms with E-state index in [0.717, 1.165) is 71.3 Å². The van der Waals surface area contributed by atoms with Crippen molar-refractivity contribution in [2.24, 2.45) is 0 Å². The number of anilines is 3. The lowest BCUT2D eigenvalue weighted by atomic mass is 10.2. The zero-order chi connectivity index (χ0) is 18.6. The largest absolute Gasteiger partial charge is 0.378 e. The molecule has 0 saturated carbocycles. The molecular weight excluding hydrogens is 358 g/mol. The first-order valence-electron chi connectivity index (χ1n) is 9.22. The molecule has 0 atom stereocenters. The molecular formula is C20H23N5OS. The van der Waals surface area contributed by atoms with Gasteiger partial charge in [0.05, 0.1) is 29.5 Å². The van der Waals surface area contributed by atoms with E-state index in [1.165, 1.54) is 0 Å². The van der Waals surface area contributed by atoms with Gasteiger partial charge in [-0.3, -0.25) is 0 Å². The van der Waals surface area contributed by atoms with Gasteiger partial charge in [-0.1, -0.05) is 24.3 Å². The molecule has 1 saturated heterocycles. The van der Waals surface area contributed by atoms with Crippen LogP contribution in [0.4, 0.5) is 16.8 Å².